The molecule has 8 heteroatoms. The first kappa shape index (κ1) is 19.4. The van der Waals surface area contributed by atoms with E-state index in [0.717, 1.165) is 31.1 Å². The van der Waals surface area contributed by atoms with Gasteiger partial charge in [-0.2, -0.15) is 0 Å². The number of methoxy groups -OCH3 is 1. The highest BCUT2D eigenvalue weighted by Gasteiger charge is 2.31. The third-order valence-corrected chi connectivity index (χ3v) is 4.89. The number of carbonyl (C=O) groups excluding carboxylic acids is 1. The highest BCUT2D eigenvalue weighted by Crippen LogP contribution is 2.25. The molecule has 1 aromatic carbocycles. The number of anilines is 1. The Morgan fingerprint density at radius 2 is 2.26 bits per heavy atom. The van der Waals surface area contributed by atoms with E-state index in [0.29, 0.717) is 25.5 Å². The van der Waals surface area contributed by atoms with Crippen molar-refractivity contribution in [1.82, 2.24) is 15.5 Å². The van der Waals surface area contributed by atoms with E-state index < -0.39 is 0 Å². The Bertz CT molecular complexity index is 681. The quantitative estimate of drug-likeness (QED) is 0.569. The van der Waals surface area contributed by atoms with Crippen LogP contribution in [0.1, 0.15) is 6.42 Å². The van der Waals surface area contributed by atoms with Gasteiger partial charge in [-0.15, -0.1) is 0 Å². The molecule has 0 aliphatic carbocycles. The van der Waals surface area contributed by atoms with E-state index in [4.69, 9.17) is 9.47 Å². The van der Waals surface area contributed by atoms with Crippen LogP contribution >= 0.6 is 0 Å². The van der Waals surface area contributed by atoms with E-state index in [1.807, 2.05) is 24.3 Å². The van der Waals surface area contributed by atoms with Crippen molar-refractivity contribution < 1.29 is 14.3 Å². The number of ether oxygens (including phenoxy) is 2. The Morgan fingerprint density at radius 3 is 3.00 bits per heavy atom. The number of nitrogens with one attached hydrogen (secondary N) is 2. The number of amides is 1. The van der Waals surface area contributed by atoms with E-state index in [1.165, 1.54) is 0 Å². The van der Waals surface area contributed by atoms with E-state index in [1.54, 1.807) is 19.1 Å². The SMILES string of the molecule is CN=C(NCC1CN(C)CCO1)NC1CC(=O)N(c2cccc(OC)c2)C1. The van der Waals surface area contributed by atoms with Gasteiger partial charge in [0.05, 0.1) is 25.9 Å². The molecule has 2 heterocycles. The van der Waals surface area contributed by atoms with Crippen molar-refractivity contribution in [3.63, 3.8) is 0 Å². The third kappa shape index (κ3) is 5.11. The van der Waals surface area contributed by atoms with Crippen LogP contribution in [0, 0.1) is 0 Å². The van der Waals surface area contributed by atoms with Crippen molar-refractivity contribution in [2.45, 2.75) is 18.6 Å². The predicted octanol–water partition coefficient (Wildman–Crippen LogP) is 0.296. The van der Waals surface area contributed by atoms with Gasteiger partial charge in [0.25, 0.3) is 0 Å². The Kier molecular flexibility index (Phi) is 6.52. The lowest BCUT2D eigenvalue weighted by Gasteiger charge is -2.30. The van der Waals surface area contributed by atoms with Crippen molar-refractivity contribution in [2.75, 3.05) is 58.9 Å². The van der Waals surface area contributed by atoms with E-state index in [-0.39, 0.29) is 18.1 Å². The average molecular weight is 375 g/mol. The summed E-state index contributed by atoms with van der Waals surface area (Å²) in [6, 6.07) is 7.57. The number of carbonyl (C=O) groups is 1. The Hall–Kier alpha value is -2.32. The first-order valence-electron chi connectivity index (χ1n) is 9.30. The Balaban J connectivity index is 1.53. The first-order chi connectivity index (χ1) is 13.1. The molecular formula is C19H29N5O3. The molecule has 0 spiro atoms. The summed E-state index contributed by atoms with van der Waals surface area (Å²) >= 11 is 0. The molecule has 8 nitrogen and oxygen atoms in total. The highest BCUT2D eigenvalue weighted by molar-refractivity contribution is 5.97. The number of rotatable bonds is 5. The summed E-state index contributed by atoms with van der Waals surface area (Å²) < 4.78 is 11.0. The van der Waals surface area contributed by atoms with Crippen LogP contribution in [-0.2, 0) is 9.53 Å². The molecule has 2 N–H and O–H groups in total. The largest absolute Gasteiger partial charge is 0.497 e. The van der Waals surface area contributed by atoms with Gasteiger partial charge in [-0.1, -0.05) is 6.07 Å². The number of morpholine rings is 1. The monoisotopic (exact) mass is 375 g/mol. The van der Waals surface area contributed by atoms with E-state index >= 15 is 0 Å². The van der Waals surface area contributed by atoms with E-state index in [2.05, 4.69) is 27.6 Å². The molecule has 0 aromatic heterocycles. The van der Waals surface area contributed by atoms with Crippen LogP contribution in [-0.4, -0.2) is 82.9 Å². The zero-order chi connectivity index (χ0) is 19.2. The van der Waals surface area contributed by atoms with Gasteiger partial charge in [-0.3, -0.25) is 9.79 Å². The van der Waals surface area contributed by atoms with Crippen LogP contribution in [0.15, 0.2) is 29.3 Å². The van der Waals surface area contributed by atoms with Crippen molar-refractivity contribution in [1.29, 1.82) is 0 Å². The molecule has 2 aliphatic rings. The fraction of sp³-hybridized carbons (Fsp3) is 0.579. The molecule has 2 saturated heterocycles. The van der Waals surface area contributed by atoms with Crippen LogP contribution in [0.3, 0.4) is 0 Å². The maximum absolute atomic E-state index is 12.5. The number of nitrogens with zero attached hydrogens (tertiary/aromatic N) is 3. The summed E-state index contributed by atoms with van der Waals surface area (Å²) in [5.41, 5.74) is 0.852. The number of guanidine groups is 1. The lowest BCUT2D eigenvalue weighted by Crippen LogP contribution is -2.50. The topological polar surface area (TPSA) is 78.4 Å². The molecular weight excluding hydrogens is 346 g/mol. The second-order valence-corrected chi connectivity index (χ2v) is 6.96. The maximum atomic E-state index is 12.5. The predicted molar refractivity (Wildman–Crippen MR) is 105 cm³/mol. The summed E-state index contributed by atoms with van der Waals surface area (Å²) in [4.78, 5) is 20.8. The molecule has 0 saturated carbocycles. The van der Waals surface area contributed by atoms with Gasteiger partial charge >= 0.3 is 0 Å². The molecule has 2 atom stereocenters. The summed E-state index contributed by atoms with van der Waals surface area (Å²) in [6.07, 6.45) is 0.571. The summed E-state index contributed by atoms with van der Waals surface area (Å²) in [5, 5.41) is 6.66. The van der Waals surface area contributed by atoms with Crippen LogP contribution in [0.4, 0.5) is 5.69 Å². The number of benzene rings is 1. The van der Waals surface area contributed by atoms with Gasteiger partial charge in [0, 0.05) is 51.4 Å². The van der Waals surface area contributed by atoms with Gasteiger partial charge in [0.2, 0.25) is 5.91 Å². The molecule has 148 valence electrons. The maximum Gasteiger partial charge on any atom is 0.229 e. The number of likely N-dealkylation sites (N-methyl/N-ethyl adjacent to an activating group) is 1. The molecule has 1 aromatic rings. The van der Waals surface area contributed by atoms with Crippen LogP contribution < -0.4 is 20.3 Å². The lowest BCUT2D eigenvalue weighted by atomic mass is 10.2. The normalized spacial score (nSPS) is 24.2. The van der Waals surface area contributed by atoms with Crippen molar-refractivity contribution in [3.8, 4) is 5.75 Å². The zero-order valence-electron chi connectivity index (χ0n) is 16.3. The van der Waals surface area contributed by atoms with Gasteiger partial charge in [0.15, 0.2) is 5.96 Å². The minimum atomic E-state index is 0.00449. The Labute approximate surface area is 160 Å². The van der Waals surface area contributed by atoms with E-state index in [9.17, 15) is 4.79 Å². The number of hydrogen-bond donors (Lipinski definition) is 2. The first-order valence-corrected chi connectivity index (χ1v) is 9.30. The standard InChI is InChI=1S/C19H29N5O3/c1-20-19(21-11-17-13-23(2)7-8-27-17)22-14-9-18(25)24(12-14)15-5-4-6-16(10-15)26-3/h4-6,10,14,17H,7-9,11-13H2,1-3H3,(H2,20,21,22). The Morgan fingerprint density at radius 1 is 1.41 bits per heavy atom. The summed E-state index contributed by atoms with van der Waals surface area (Å²) in [7, 11) is 5.46. The van der Waals surface area contributed by atoms with Crippen molar-refractivity contribution >= 4 is 17.6 Å². The van der Waals surface area contributed by atoms with Crippen molar-refractivity contribution in [2.24, 2.45) is 4.99 Å². The average Bonchev–Trinajstić information content (AvgIpc) is 3.05. The minimum absolute atomic E-state index is 0.00449. The molecule has 2 unspecified atom stereocenters. The third-order valence-electron chi connectivity index (χ3n) is 4.89. The molecule has 3 rings (SSSR count). The van der Waals surface area contributed by atoms with Gasteiger partial charge in [-0.05, 0) is 19.2 Å². The summed E-state index contributed by atoms with van der Waals surface area (Å²) in [5.74, 6) is 1.53. The van der Waals surface area contributed by atoms with Gasteiger partial charge in [0.1, 0.15) is 5.75 Å². The molecule has 0 bridgehead atoms. The molecule has 2 aliphatic heterocycles. The second kappa shape index (κ2) is 9.05. The fourth-order valence-electron chi connectivity index (χ4n) is 3.42. The summed E-state index contributed by atoms with van der Waals surface area (Å²) in [6.45, 7) is 3.89. The van der Waals surface area contributed by atoms with Crippen LogP contribution in [0.2, 0.25) is 0 Å². The molecule has 27 heavy (non-hydrogen) atoms. The highest BCUT2D eigenvalue weighted by atomic mass is 16.5. The molecule has 0 radical (unpaired) electrons. The fourth-order valence-corrected chi connectivity index (χ4v) is 3.42. The zero-order valence-corrected chi connectivity index (χ0v) is 16.3. The smallest absolute Gasteiger partial charge is 0.229 e. The second-order valence-electron chi connectivity index (χ2n) is 6.96. The number of aliphatic imine (C=N–C) groups is 1. The number of hydrogen-bond acceptors (Lipinski definition) is 5. The van der Waals surface area contributed by atoms with Gasteiger partial charge in [-0.25, -0.2) is 0 Å². The van der Waals surface area contributed by atoms with Gasteiger partial charge < -0.3 is 29.9 Å². The van der Waals surface area contributed by atoms with Crippen molar-refractivity contribution in [3.05, 3.63) is 24.3 Å². The van der Waals surface area contributed by atoms with Crippen LogP contribution in [0.5, 0.6) is 5.75 Å². The minimum Gasteiger partial charge on any atom is -0.497 e. The van der Waals surface area contributed by atoms with Crippen LogP contribution in [0.25, 0.3) is 0 Å². The lowest BCUT2D eigenvalue weighted by molar-refractivity contribution is -0.117. The molecule has 1 amide bonds. The molecule has 2 fully saturated rings.